The quantitative estimate of drug-likeness (QED) is 0.922. The van der Waals surface area contributed by atoms with Crippen molar-refractivity contribution in [3.8, 4) is 11.9 Å². The summed E-state index contributed by atoms with van der Waals surface area (Å²) in [7, 11) is 1.85. The number of rotatable bonds is 4. The molecule has 5 heteroatoms. The van der Waals surface area contributed by atoms with Gasteiger partial charge in [-0.25, -0.2) is 0 Å². The molecule has 0 amide bonds. The van der Waals surface area contributed by atoms with Gasteiger partial charge in [-0.2, -0.15) is 10.2 Å². The van der Waals surface area contributed by atoms with Crippen LogP contribution in [0.1, 0.15) is 12.5 Å². The topological polar surface area (TPSA) is 75.2 Å². The standard InChI is InChI=1S/C15H16N4O/c1-3-20-15-12(17)8-9-14(18-15)19(2)13-7-5-4-6-11(13)10-16/h4-9H,3,17H2,1-2H3. The number of nitrogens with zero attached hydrogens (tertiary/aromatic N) is 3. The molecule has 0 aliphatic rings. The van der Waals surface area contributed by atoms with E-state index in [-0.39, 0.29) is 0 Å². The molecule has 1 heterocycles. The Morgan fingerprint density at radius 1 is 1.30 bits per heavy atom. The predicted molar refractivity (Wildman–Crippen MR) is 79.0 cm³/mol. The van der Waals surface area contributed by atoms with E-state index in [4.69, 9.17) is 15.7 Å². The predicted octanol–water partition coefficient (Wildman–Crippen LogP) is 2.70. The van der Waals surface area contributed by atoms with Crippen molar-refractivity contribution in [2.45, 2.75) is 6.92 Å². The second-order valence-corrected chi connectivity index (χ2v) is 4.18. The monoisotopic (exact) mass is 268 g/mol. The van der Waals surface area contributed by atoms with Crippen molar-refractivity contribution in [1.29, 1.82) is 5.26 Å². The summed E-state index contributed by atoms with van der Waals surface area (Å²) >= 11 is 0. The normalized spacial score (nSPS) is 9.85. The smallest absolute Gasteiger partial charge is 0.239 e. The largest absolute Gasteiger partial charge is 0.476 e. The zero-order valence-electron chi connectivity index (χ0n) is 11.5. The number of nitriles is 1. The Balaban J connectivity index is 2.41. The van der Waals surface area contributed by atoms with E-state index in [9.17, 15) is 0 Å². The van der Waals surface area contributed by atoms with Gasteiger partial charge in [0.1, 0.15) is 11.9 Å². The molecular weight excluding hydrogens is 252 g/mol. The highest BCUT2D eigenvalue weighted by atomic mass is 16.5. The van der Waals surface area contributed by atoms with Gasteiger partial charge in [0.2, 0.25) is 5.88 Å². The SMILES string of the molecule is CCOc1nc(N(C)c2ccccc2C#N)ccc1N. The minimum atomic E-state index is 0.409. The van der Waals surface area contributed by atoms with Gasteiger partial charge in [0.25, 0.3) is 0 Å². The molecule has 0 saturated heterocycles. The van der Waals surface area contributed by atoms with Crippen LogP contribution in [-0.4, -0.2) is 18.6 Å². The van der Waals surface area contributed by atoms with Gasteiger partial charge in [-0.1, -0.05) is 12.1 Å². The van der Waals surface area contributed by atoms with Gasteiger partial charge in [0, 0.05) is 7.05 Å². The first-order valence-electron chi connectivity index (χ1n) is 6.29. The number of benzene rings is 1. The van der Waals surface area contributed by atoms with E-state index in [2.05, 4.69) is 11.1 Å². The van der Waals surface area contributed by atoms with Crippen LogP contribution < -0.4 is 15.4 Å². The summed E-state index contributed by atoms with van der Waals surface area (Å²) in [6, 6.07) is 13.1. The van der Waals surface area contributed by atoms with Crippen molar-refractivity contribution in [2.75, 3.05) is 24.3 Å². The third-order valence-electron chi connectivity index (χ3n) is 2.89. The third-order valence-corrected chi connectivity index (χ3v) is 2.89. The third kappa shape index (κ3) is 2.64. The zero-order chi connectivity index (χ0) is 14.5. The van der Waals surface area contributed by atoms with Crippen LogP contribution in [0.3, 0.4) is 0 Å². The second kappa shape index (κ2) is 5.93. The number of ether oxygens (including phenoxy) is 1. The molecule has 20 heavy (non-hydrogen) atoms. The Morgan fingerprint density at radius 2 is 2.05 bits per heavy atom. The van der Waals surface area contributed by atoms with Gasteiger partial charge in [0.05, 0.1) is 23.5 Å². The lowest BCUT2D eigenvalue weighted by Crippen LogP contribution is -2.13. The lowest BCUT2D eigenvalue weighted by molar-refractivity contribution is 0.329. The fourth-order valence-electron chi connectivity index (χ4n) is 1.86. The van der Waals surface area contributed by atoms with E-state index in [0.29, 0.717) is 29.6 Å². The van der Waals surface area contributed by atoms with Crippen LogP contribution in [0.15, 0.2) is 36.4 Å². The van der Waals surface area contributed by atoms with E-state index < -0.39 is 0 Å². The Bertz CT molecular complexity index is 649. The number of nitrogen functional groups attached to an aromatic ring is 1. The molecule has 0 radical (unpaired) electrons. The Labute approximate surface area is 118 Å². The Kier molecular flexibility index (Phi) is 4.06. The van der Waals surface area contributed by atoms with Gasteiger partial charge in [0.15, 0.2) is 0 Å². The van der Waals surface area contributed by atoms with Crippen LogP contribution in [0.5, 0.6) is 5.88 Å². The summed E-state index contributed by atoms with van der Waals surface area (Å²) in [5, 5.41) is 9.16. The van der Waals surface area contributed by atoms with Crippen molar-refractivity contribution in [2.24, 2.45) is 0 Å². The summed E-state index contributed by atoms with van der Waals surface area (Å²) in [5.41, 5.74) is 7.69. The molecule has 1 aromatic heterocycles. The molecule has 0 unspecified atom stereocenters. The maximum Gasteiger partial charge on any atom is 0.239 e. The van der Waals surface area contributed by atoms with Gasteiger partial charge in [-0.15, -0.1) is 0 Å². The lowest BCUT2D eigenvalue weighted by atomic mass is 10.2. The summed E-state index contributed by atoms with van der Waals surface area (Å²) in [4.78, 5) is 6.22. The second-order valence-electron chi connectivity index (χ2n) is 4.18. The molecule has 1 aromatic carbocycles. The molecule has 0 fully saturated rings. The fourth-order valence-corrected chi connectivity index (χ4v) is 1.86. The number of nitrogens with two attached hydrogens (primary N) is 1. The molecule has 0 aliphatic carbocycles. The van der Waals surface area contributed by atoms with Crippen LogP contribution in [0.2, 0.25) is 0 Å². The fraction of sp³-hybridized carbons (Fsp3) is 0.200. The van der Waals surface area contributed by atoms with Crippen molar-refractivity contribution in [3.63, 3.8) is 0 Å². The number of hydrogen-bond donors (Lipinski definition) is 1. The Hall–Kier alpha value is -2.74. The molecular formula is C15H16N4O. The highest BCUT2D eigenvalue weighted by molar-refractivity contribution is 5.68. The van der Waals surface area contributed by atoms with Crippen LogP contribution in [0, 0.1) is 11.3 Å². The Morgan fingerprint density at radius 3 is 2.75 bits per heavy atom. The first-order chi connectivity index (χ1) is 9.67. The van der Waals surface area contributed by atoms with Gasteiger partial charge < -0.3 is 15.4 Å². The van der Waals surface area contributed by atoms with E-state index >= 15 is 0 Å². The van der Waals surface area contributed by atoms with Crippen molar-refractivity contribution in [3.05, 3.63) is 42.0 Å². The molecule has 102 valence electrons. The maximum atomic E-state index is 9.16. The van der Waals surface area contributed by atoms with Crippen LogP contribution in [0.25, 0.3) is 0 Å². The maximum absolute atomic E-state index is 9.16. The van der Waals surface area contributed by atoms with Crippen molar-refractivity contribution in [1.82, 2.24) is 4.98 Å². The molecule has 0 saturated carbocycles. The van der Waals surface area contributed by atoms with Gasteiger partial charge in [-0.3, -0.25) is 0 Å². The van der Waals surface area contributed by atoms with E-state index in [1.165, 1.54) is 0 Å². The summed E-state index contributed by atoms with van der Waals surface area (Å²) in [6.07, 6.45) is 0. The number of pyridine rings is 1. The molecule has 5 nitrogen and oxygen atoms in total. The highest BCUT2D eigenvalue weighted by Gasteiger charge is 2.12. The molecule has 2 rings (SSSR count). The van der Waals surface area contributed by atoms with Crippen LogP contribution in [0.4, 0.5) is 17.2 Å². The summed E-state index contributed by atoms with van der Waals surface area (Å²) in [6.45, 7) is 2.38. The molecule has 0 atom stereocenters. The molecule has 2 aromatic rings. The number of hydrogen-bond acceptors (Lipinski definition) is 5. The number of para-hydroxylation sites is 1. The number of anilines is 3. The minimum absolute atomic E-state index is 0.409. The highest BCUT2D eigenvalue weighted by Crippen LogP contribution is 2.28. The first kappa shape index (κ1) is 13.7. The van der Waals surface area contributed by atoms with Crippen LogP contribution in [-0.2, 0) is 0 Å². The molecule has 0 aliphatic heterocycles. The van der Waals surface area contributed by atoms with Gasteiger partial charge >= 0.3 is 0 Å². The number of aromatic nitrogens is 1. The molecule has 0 bridgehead atoms. The van der Waals surface area contributed by atoms with E-state index in [1.54, 1.807) is 18.2 Å². The average molecular weight is 268 g/mol. The summed E-state index contributed by atoms with van der Waals surface area (Å²) < 4.78 is 5.39. The van der Waals surface area contributed by atoms with Crippen LogP contribution >= 0.6 is 0 Å². The molecule has 0 spiro atoms. The molecule has 2 N–H and O–H groups in total. The van der Waals surface area contributed by atoms with E-state index in [1.807, 2.05) is 37.1 Å². The lowest BCUT2D eigenvalue weighted by Gasteiger charge is -2.20. The zero-order valence-corrected chi connectivity index (χ0v) is 11.5. The van der Waals surface area contributed by atoms with Crippen molar-refractivity contribution >= 4 is 17.2 Å². The first-order valence-corrected chi connectivity index (χ1v) is 6.29. The summed E-state index contributed by atoms with van der Waals surface area (Å²) in [5.74, 6) is 1.08. The average Bonchev–Trinajstić information content (AvgIpc) is 2.49. The van der Waals surface area contributed by atoms with Gasteiger partial charge in [-0.05, 0) is 31.2 Å². The van der Waals surface area contributed by atoms with Crippen molar-refractivity contribution < 1.29 is 4.74 Å². The minimum Gasteiger partial charge on any atom is -0.476 e. The van der Waals surface area contributed by atoms with E-state index in [0.717, 1.165) is 5.69 Å².